The number of halogens is 3. The average Bonchev–Trinajstić information content (AvgIpc) is 2.47. The van der Waals surface area contributed by atoms with Crippen molar-refractivity contribution in [3.8, 4) is 5.75 Å². The molecule has 0 spiro atoms. The molecule has 2 aromatic carbocycles. The van der Waals surface area contributed by atoms with Crippen LogP contribution in [0.3, 0.4) is 0 Å². The maximum absolute atomic E-state index is 6.16. The zero-order valence-electron chi connectivity index (χ0n) is 12.4. The van der Waals surface area contributed by atoms with Crippen molar-refractivity contribution in [3.63, 3.8) is 0 Å². The molecule has 5 heteroatoms. The largest absolute Gasteiger partial charge is 0.494 e. The van der Waals surface area contributed by atoms with Gasteiger partial charge in [-0.25, -0.2) is 0 Å². The van der Waals surface area contributed by atoms with Crippen LogP contribution in [-0.2, 0) is 13.0 Å². The number of ether oxygens (including phenoxy) is 1. The minimum atomic E-state index is 0. The first-order valence-electron chi connectivity index (χ1n) is 7.06. The SMILES string of the molecule is CCOc1ccccc1CNCCc1ccc(Cl)cc1Cl.Cl. The highest BCUT2D eigenvalue weighted by Crippen LogP contribution is 2.21. The van der Waals surface area contributed by atoms with Crippen molar-refractivity contribution < 1.29 is 4.74 Å². The van der Waals surface area contributed by atoms with E-state index in [0.717, 1.165) is 35.8 Å². The molecule has 0 bridgehead atoms. The molecule has 0 saturated heterocycles. The monoisotopic (exact) mass is 359 g/mol. The standard InChI is InChI=1S/C17H19Cl2NO.ClH/c1-2-21-17-6-4-3-5-14(17)12-20-10-9-13-7-8-15(18)11-16(13)19;/h3-8,11,20H,2,9-10,12H2,1H3;1H. The maximum Gasteiger partial charge on any atom is 0.123 e. The summed E-state index contributed by atoms with van der Waals surface area (Å²) in [7, 11) is 0. The Balaban J connectivity index is 0.00000242. The summed E-state index contributed by atoms with van der Waals surface area (Å²) < 4.78 is 5.61. The number of hydrogen-bond acceptors (Lipinski definition) is 2. The third-order valence-electron chi connectivity index (χ3n) is 3.17. The van der Waals surface area contributed by atoms with Crippen LogP contribution in [0.4, 0.5) is 0 Å². The smallest absolute Gasteiger partial charge is 0.123 e. The van der Waals surface area contributed by atoms with Gasteiger partial charge < -0.3 is 10.1 Å². The van der Waals surface area contributed by atoms with E-state index in [2.05, 4.69) is 11.4 Å². The molecule has 0 radical (unpaired) electrons. The fraction of sp³-hybridized carbons (Fsp3) is 0.294. The number of para-hydroxylation sites is 1. The van der Waals surface area contributed by atoms with Gasteiger partial charge in [-0.3, -0.25) is 0 Å². The van der Waals surface area contributed by atoms with Gasteiger partial charge in [0.1, 0.15) is 5.75 Å². The normalized spacial score (nSPS) is 10.1. The van der Waals surface area contributed by atoms with Gasteiger partial charge in [0.15, 0.2) is 0 Å². The predicted octanol–water partition coefficient (Wildman–Crippen LogP) is 5.15. The summed E-state index contributed by atoms with van der Waals surface area (Å²) in [5.41, 5.74) is 2.27. The van der Waals surface area contributed by atoms with Crippen molar-refractivity contribution in [1.29, 1.82) is 0 Å². The second-order valence-electron chi connectivity index (χ2n) is 4.70. The summed E-state index contributed by atoms with van der Waals surface area (Å²) in [6.07, 6.45) is 0.868. The molecule has 120 valence electrons. The maximum atomic E-state index is 6.16. The molecule has 0 unspecified atom stereocenters. The van der Waals surface area contributed by atoms with Crippen LogP contribution in [0.2, 0.25) is 10.0 Å². The van der Waals surface area contributed by atoms with E-state index in [1.165, 1.54) is 5.56 Å². The first kappa shape index (κ1) is 19.1. The Labute approximate surface area is 148 Å². The molecule has 0 atom stereocenters. The molecule has 0 heterocycles. The molecule has 22 heavy (non-hydrogen) atoms. The van der Waals surface area contributed by atoms with Gasteiger partial charge in [0.2, 0.25) is 0 Å². The number of nitrogens with one attached hydrogen (secondary N) is 1. The van der Waals surface area contributed by atoms with Crippen molar-refractivity contribution in [2.45, 2.75) is 19.9 Å². The summed E-state index contributed by atoms with van der Waals surface area (Å²) in [6.45, 7) is 4.30. The van der Waals surface area contributed by atoms with Crippen LogP contribution >= 0.6 is 35.6 Å². The second kappa shape index (κ2) is 9.96. The van der Waals surface area contributed by atoms with Gasteiger partial charge >= 0.3 is 0 Å². The molecule has 0 amide bonds. The lowest BCUT2D eigenvalue weighted by molar-refractivity contribution is 0.335. The Bertz CT molecular complexity index is 590. The predicted molar refractivity (Wildman–Crippen MR) is 96.7 cm³/mol. The van der Waals surface area contributed by atoms with Crippen LogP contribution < -0.4 is 10.1 Å². The fourth-order valence-electron chi connectivity index (χ4n) is 2.12. The van der Waals surface area contributed by atoms with Crippen molar-refractivity contribution >= 4 is 35.6 Å². The lowest BCUT2D eigenvalue weighted by atomic mass is 10.1. The molecule has 0 aliphatic rings. The van der Waals surface area contributed by atoms with Gasteiger partial charge in [-0.2, -0.15) is 0 Å². The van der Waals surface area contributed by atoms with Crippen LogP contribution in [0.15, 0.2) is 42.5 Å². The van der Waals surface area contributed by atoms with E-state index >= 15 is 0 Å². The molecule has 2 rings (SSSR count). The van der Waals surface area contributed by atoms with E-state index in [1.54, 1.807) is 6.07 Å². The van der Waals surface area contributed by atoms with Gasteiger partial charge in [-0.1, -0.05) is 47.5 Å². The molecule has 0 aromatic heterocycles. The topological polar surface area (TPSA) is 21.3 Å². The van der Waals surface area contributed by atoms with Gasteiger partial charge in [-0.15, -0.1) is 12.4 Å². The Kier molecular flexibility index (Phi) is 8.66. The fourth-order valence-corrected chi connectivity index (χ4v) is 2.62. The second-order valence-corrected chi connectivity index (χ2v) is 5.55. The van der Waals surface area contributed by atoms with E-state index in [9.17, 15) is 0 Å². The van der Waals surface area contributed by atoms with Crippen LogP contribution in [0, 0.1) is 0 Å². The zero-order valence-corrected chi connectivity index (χ0v) is 14.8. The molecule has 0 fully saturated rings. The Morgan fingerprint density at radius 3 is 2.55 bits per heavy atom. The summed E-state index contributed by atoms with van der Waals surface area (Å²) in [6, 6.07) is 13.7. The van der Waals surface area contributed by atoms with Crippen LogP contribution in [0.1, 0.15) is 18.1 Å². The quantitative estimate of drug-likeness (QED) is 0.690. The molecule has 2 aromatic rings. The zero-order chi connectivity index (χ0) is 15.1. The molecule has 0 aliphatic carbocycles. The van der Waals surface area contributed by atoms with Crippen molar-refractivity contribution in [2.24, 2.45) is 0 Å². The van der Waals surface area contributed by atoms with Gasteiger partial charge in [0.05, 0.1) is 6.61 Å². The summed E-state index contributed by atoms with van der Waals surface area (Å²) >= 11 is 12.1. The van der Waals surface area contributed by atoms with Crippen LogP contribution in [0.25, 0.3) is 0 Å². The Morgan fingerprint density at radius 1 is 1.05 bits per heavy atom. The van der Waals surface area contributed by atoms with Gasteiger partial charge in [0.25, 0.3) is 0 Å². The van der Waals surface area contributed by atoms with E-state index < -0.39 is 0 Å². The summed E-state index contributed by atoms with van der Waals surface area (Å²) in [5.74, 6) is 0.942. The van der Waals surface area contributed by atoms with Crippen molar-refractivity contribution in [2.75, 3.05) is 13.2 Å². The van der Waals surface area contributed by atoms with Crippen LogP contribution in [-0.4, -0.2) is 13.2 Å². The van der Waals surface area contributed by atoms with Crippen molar-refractivity contribution in [3.05, 3.63) is 63.6 Å². The highest BCUT2D eigenvalue weighted by Gasteiger charge is 2.03. The number of benzene rings is 2. The highest BCUT2D eigenvalue weighted by atomic mass is 35.5. The van der Waals surface area contributed by atoms with Crippen molar-refractivity contribution in [1.82, 2.24) is 5.32 Å². The average molecular weight is 361 g/mol. The van der Waals surface area contributed by atoms with Gasteiger partial charge in [-0.05, 0) is 43.7 Å². The Morgan fingerprint density at radius 2 is 1.82 bits per heavy atom. The molecule has 0 saturated carbocycles. The minimum absolute atomic E-state index is 0. The van der Waals surface area contributed by atoms with Crippen LogP contribution in [0.5, 0.6) is 5.75 Å². The highest BCUT2D eigenvalue weighted by molar-refractivity contribution is 6.35. The lowest BCUT2D eigenvalue weighted by Gasteiger charge is -2.11. The number of hydrogen-bond donors (Lipinski definition) is 1. The summed E-state index contributed by atoms with van der Waals surface area (Å²) in [5, 5.41) is 4.81. The van der Waals surface area contributed by atoms with E-state index in [0.29, 0.717) is 11.6 Å². The first-order valence-corrected chi connectivity index (χ1v) is 7.81. The van der Waals surface area contributed by atoms with E-state index in [4.69, 9.17) is 27.9 Å². The molecule has 1 N–H and O–H groups in total. The third-order valence-corrected chi connectivity index (χ3v) is 3.76. The van der Waals surface area contributed by atoms with Gasteiger partial charge in [0, 0.05) is 22.2 Å². The summed E-state index contributed by atoms with van der Waals surface area (Å²) in [4.78, 5) is 0. The molecular formula is C17H20Cl3NO. The third kappa shape index (κ3) is 5.69. The van der Waals surface area contributed by atoms with E-state index in [1.807, 2.05) is 37.3 Å². The molecular weight excluding hydrogens is 341 g/mol. The van der Waals surface area contributed by atoms with E-state index in [-0.39, 0.29) is 12.4 Å². The first-order chi connectivity index (χ1) is 10.2. The molecule has 0 aliphatic heterocycles. The minimum Gasteiger partial charge on any atom is -0.494 e. The Hall–Kier alpha value is -0.930. The lowest BCUT2D eigenvalue weighted by Crippen LogP contribution is -2.17. The molecule has 2 nitrogen and oxygen atoms in total. The number of rotatable bonds is 7.